The highest BCUT2D eigenvalue weighted by molar-refractivity contribution is 7.98. The van der Waals surface area contributed by atoms with E-state index in [0.29, 0.717) is 16.2 Å². The summed E-state index contributed by atoms with van der Waals surface area (Å²) < 4.78 is 0. The van der Waals surface area contributed by atoms with Crippen LogP contribution in [0.25, 0.3) is 0 Å². The average molecular weight is 272 g/mol. The Morgan fingerprint density at radius 2 is 1.89 bits per heavy atom. The molecule has 0 aromatic heterocycles. The highest BCUT2D eigenvalue weighted by atomic mass is 32.2. The van der Waals surface area contributed by atoms with Gasteiger partial charge in [0, 0.05) is 16.2 Å². The van der Waals surface area contributed by atoms with Gasteiger partial charge < -0.3 is 5.11 Å². The zero-order chi connectivity index (χ0) is 13.7. The molecule has 0 radical (unpaired) electrons. The summed E-state index contributed by atoms with van der Waals surface area (Å²) in [6, 6.07) is 14.4. The molecular weight excluding hydrogens is 260 g/mol. The molecule has 1 N–H and O–H groups in total. The first-order chi connectivity index (χ1) is 9.20. The summed E-state index contributed by atoms with van der Waals surface area (Å²) in [5.41, 5.74) is 1.83. The highest BCUT2D eigenvalue weighted by Crippen LogP contribution is 2.27. The van der Waals surface area contributed by atoms with Gasteiger partial charge in [0.05, 0.1) is 5.56 Å². The molecule has 0 atom stereocenters. The van der Waals surface area contributed by atoms with Gasteiger partial charge >= 0.3 is 5.97 Å². The molecule has 4 heteroatoms. The van der Waals surface area contributed by atoms with Gasteiger partial charge in [-0.3, -0.25) is 4.79 Å². The Bertz CT molecular complexity index is 594. The van der Waals surface area contributed by atoms with Crippen molar-refractivity contribution < 1.29 is 14.7 Å². The van der Waals surface area contributed by atoms with E-state index in [1.54, 1.807) is 6.07 Å². The van der Waals surface area contributed by atoms with E-state index in [1.807, 2.05) is 30.3 Å². The van der Waals surface area contributed by atoms with Crippen molar-refractivity contribution in [3.05, 3.63) is 65.2 Å². The van der Waals surface area contributed by atoms with Crippen molar-refractivity contribution in [2.45, 2.75) is 10.6 Å². The topological polar surface area (TPSA) is 54.4 Å². The Balaban J connectivity index is 2.22. The molecule has 0 aliphatic heterocycles. The number of aldehydes is 1. The minimum absolute atomic E-state index is 0.228. The van der Waals surface area contributed by atoms with Crippen LogP contribution < -0.4 is 0 Å². The standard InChI is InChI=1S/C15H12O3S/c16-9-12-6-7-13(15(17)18)14(8-12)19-10-11-4-2-1-3-5-11/h1-9H,10H2,(H,17,18). The van der Waals surface area contributed by atoms with Gasteiger partial charge in [-0.15, -0.1) is 11.8 Å². The summed E-state index contributed by atoms with van der Waals surface area (Å²) in [5.74, 6) is -0.309. The van der Waals surface area contributed by atoms with Gasteiger partial charge in [-0.05, 0) is 17.7 Å². The lowest BCUT2D eigenvalue weighted by Crippen LogP contribution is -1.99. The summed E-state index contributed by atoms with van der Waals surface area (Å²) in [6.07, 6.45) is 0.720. The van der Waals surface area contributed by atoms with Crippen LogP contribution in [-0.4, -0.2) is 17.4 Å². The van der Waals surface area contributed by atoms with E-state index in [0.717, 1.165) is 11.8 Å². The normalized spacial score (nSPS) is 10.1. The fraction of sp³-hybridized carbons (Fsp3) is 0.0667. The van der Waals surface area contributed by atoms with Gasteiger partial charge in [0.15, 0.2) is 0 Å². The molecule has 0 spiro atoms. The highest BCUT2D eigenvalue weighted by Gasteiger charge is 2.11. The molecule has 0 aliphatic rings. The van der Waals surface area contributed by atoms with Gasteiger partial charge in [-0.1, -0.05) is 36.4 Å². The summed E-state index contributed by atoms with van der Waals surface area (Å²) in [6.45, 7) is 0. The van der Waals surface area contributed by atoms with E-state index in [-0.39, 0.29) is 5.56 Å². The van der Waals surface area contributed by atoms with Gasteiger partial charge in [0.1, 0.15) is 6.29 Å². The molecule has 2 rings (SSSR count). The third kappa shape index (κ3) is 3.45. The lowest BCUT2D eigenvalue weighted by Gasteiger charge is -2.06. The van der Waals surface area contributed by atoms with E-state index in [9.17, 15) is 9.59 Å². The first-order valence-corrected chi connectivity index (χ1v) is 6.68. The quantitative estimate of drug-likeness (QED) is 0.668. The van der Waals surface area contributed by atoms with Crippen LogP contribution in [-0.2, 0) is 5.75 Å². The van der Waals surface area contributed by atoms with Gasteiger partial charge in [-0.2, -0.15) is 0 Å². The Morgan fingerprint density at radius 1 is 1.16 bits per heavy atom. The third-order valence-corrected chi connectivity index (χ3v) is 3.74. The van der Waals surface area contributed by atoms with Crippen molar-refractivity contribution in [2.75, 3.05) is 0 Å². The summed E-state index contributed by atoms with van der Waals surface area (Å²) in [4.78, 5) is 22.5. The van der Waals surface area contributed by atoms with Crippen LogP contribution >= 0.6 is 11.8 Å². The van der Waals surface area contributed by atoms with E-state index in [4.69, 9.17) is 5.11 Å². The molecule has 0 bridgehead atoms. The van der Waals surface area contributed by atoms with Gasteiger partial charge in [0.25, 0.3) is 0 Å². The predicted molar refractivity (Wildman–Crippen MR) is 74.8 cm³/mol. The van der Waals surface area contributed by atoms with Gasteiger partial charge in [0.2, 0.25) is 0 Å². The zero-order valence-corrected chi connectivity index (χ0v) is 10.9. The molecule has 0 saturated heterocycles. The maximum Gasteiger partial charge on any atom is 0.336 e. The number of hydrogen-bond acceptors (Lipinski definition) is 3. The lowest BCUT2D eigenvalue weighted by molar-refractivity contribution is 0.0692. The van der Waals surface area contributed by atoms with Crippen LogP contribution in [0.3, 0.4) is 0 Å². The van der Waals surface area contributed by atoms with Crippen LogP contribution in [0, 0.1) is 0 Å². The predicted octanol–water partition coefficient (Wildman–Crippen LogP) is 3.49. The maximum atomic E-state index is 11.1. The van der Waals surface area contributed by atoms with E-state index < -0.39 is 5.97 Å². The Morgan fingerprint density at radius 3 is 2.53 bits per heavy atom. The Hall–Kier alpha value is -2.07. The summed E-state index contributed by atoms with van der Waals surface area (Å²) in [5, 5.41) is 9.12. The SMILES string of the molecule is O=Cc1ccc(C(=O)O)c(SCc2ccccc2)c1. The number of thioether (sulfide) groups is 1. The number of rotatable bonds is 5. The molecule has 0 aliphatic carbocycles. The Labute approximate surface area is 115 Å². The molecule has 2 aromatic rings. The second-order valence-corrected chi connectivity index (χ2v) is 4.97. The largest absolute Gasteiger partial charge is 0.478 e. The molecular formula is C15H12O3S. The first-order valence-electron chi connectivity index (χ1n) is 5.70. The van der Waals surface area contributed by atoms with Gasteiger partial charge in [-0.25, -0.2) is 4.79 Å². The van der Waals surface area contributed by atoms with Crippen molar-refractivity contribution in [1.29, 1.82) is 0 Å². The fourth-order valence-corrected chi connectivity index (χ4v) is 2.69. The number of hydrogen-bond donors (Lipinski definition) is 1. The molecule has 96 valence electrons. The number of aromatic carboxylic acids is 1. The maximum absolute atomic E-state index is 11.1. The third-order valence-electron chi connectivity index (χ3n) is 2.61. The summed E-state index contributed by atoms with van der Waals surface area (Å²) in [7, 11) is 0. The second kappa shape index (κ2) is 6.20. The minimum atomic E-state index is -0.979. The monoisotopic (exact) mass is 272 g/mol. The zero-order valence-electron chi connectivity index (χ0n) is 10.1. The molecule has 19 heavy (non-hydrogen) atoms. The number of carboxylic acid groups (broad SMARTS) is 1. The molecule has 0 fully saturated rings. The number of carbonyl (C=O) groups excluding carboxylic acids is 1. The van der Waals surface area contributed by atoms with E-state index >= 15 is 0 Å². The average Bonchev–Trinajstić information content (AvgIpc) is 2.45. The first kappa shape index (κ1) is 13.4. The second-order valence-electron chi connectivity index (χ2n) is 3.95. The van der Waals surface area contributed by atoms with Crippen molar-refractivity contribution in [3.63, 3.8) is 0 Å². The van der Waals surface area contributed by atoms with Crippen LogP contribution in [0.5, 0.6) is 0 Å². The lowest BCUT2D eigenvalue weighted by atomic mass is 10.1. The minimum Gasteiger partial charge on any atom is -0.478 e. The van der Waals surface area contributed by atoms with Crippen molar-refractivity contribution in [3.8, 4) is 0 Å². The number of carboxylic acids is 1. The molecule has 0 heterocycles. The molecule has 0 unspecified atom stereocenters. The van der Waals surface area contributed by atoms with Crippen molar-refractivity contribution >= 4 is 24.0 Å². The van der Waals surface area contributed by atoms with Crippen LogP contribution in [0.1, 0.15) is 26.3 Å². The van der Waals surface area contributed by atoms with Crippen molar-refractivity contribution in [2.24, 2.45) is 0 Å². The van der Waals surface area contributed by atoms with Crippen LogP contribution in [0.15, 0.2) is 53.4 Å². The smallest absolute Gasteiger partial charge is 0.336 e. The van der Waals surface area contributed by atoms with Crippen LogP contribution in [0.4, 0.5) is 0 Å². The number of carbonyl (C=O) groups is 2. The van der Waals surface area contributed by atoms with Crippen LogP contribution in [0.2, 0.25) is 0 Å². The molecule has 3 nitrogen and oxygen atoms in total. The fourth-order valence-electron chi connectivity index (χ4n) is 1.64. The van der Waals surface area contributed by atoms with Crippen molar-refractivity contribution in [1.82, 2.24) is 0 Å². The Kier molecular flexibility index (Phi) is 4.36. The molecule has 0 saturated carbocycles. The summed E-state index contributed by atoms with van der Waals surface area (Å²) >= 11 is 1.42. The molecule has 0 amide bonds. The number of benzene rings is 2. The van der Waals surface area contributed by atoms with E-state index in [2.05, 4.69) is 0 Å². The molecule has 2 aromatic carbocycles. The van der Waals surface area contributed by atoms with E-state index in [1.165, 1.54) is 23.9 Å².